The second-order valence-electron chi connectivity index (χ2n) is 4.76. The van der Waals surface area contributed by atoms with Crippen molar-refractivity contribution in [1.82, 2.24) is 0 Å². The van der Waals surface area contributed by atoms with Crippen molar-refractivity contribution in [3.8, 4) is 5.75 Å². The lowest BCUT2D eigenvalue weighted by atomic mass is 10.2. The topological polar surface area (TPSA) is 84.9 Å². The fourth-order valence-corrected chi connectivity index (χ4v) is 2.16. The zero-order chi connectivity index (χ0) is 15.4. The molecular formula is C14H16ClNO5. The number of hydrogen-bond acceptors (Lipinski definition) is 4. The van der Waals surface area contributed by atoms with Gasteiger partial charge in [-0.1, -0.05) is 11.6 Å². The molecule has 7 heteroatoms. The number of aliphatic carboxylic acids is 1. The summed E-state index contributed by atoms with van der Waals surface area (Å²) in [6, 6.07) is 4.87. The van der Waals surface area contributed by atoms with Gasteiger partial charge in [0.2, 0.25) is 5.91 Å². The van der Waals surface area contributed by atoms with Crippen LogP contribution in [0.1, 0.15) is 6.42 Å². The summed E-state index contributed by atoms with van der Waals surface area (Å²) >= 11 is 6.05. The van der Waals surface area contributed by atoms with Gasteiger partial charge >= 0.3 is 5.97 Å². The van der Waals surface area contributed by atoms with E-state index in [1.165, 1.54) is 0 Å². The molecule has 0 bridgehead atoms. The Labute approximate surface area is 127 Å². The lowest BCUT2D eigenvalue weighted by Gasteiger charge is -2.10. The summed E-state index contributed by atoms with van der Waals surface area (Å²) in [5.74, 6) is -1.76. The molecule has 1 aliphatic carbocycles. The van der Waals surface area contributed by atoms with E-state index in [0.717, 1.165) is 0 Å². The third kappa shape index (κ3) is 4.09. The highest BCUT2D eigenvalue weighted by Gasteiger charge is 2.48. The largest absolute Gasteiger partial charge is 0.490 e. The van der Waals surface area contributed by atoms with E-state index < -0.39 is 17.8 Å². The van der Waals surface area contributed by atoms with E-state index in [2.05, 4.69) is 5.32 Å². The molecule has 1 saturated carbocycles. The Morgan fingerprint density at radius 2 is 2.14 bits per heavy atom. The van der Waals surface area contributed by atoms with Gasteiger partial charge in [-0.15, -0.1) is 0 Å². The summed E-state index contributed by atoms with van der Waals surface area (Å²) in [6.45, 7) is 0.831. The molecule has 2 N–H and O–H groups in total. The summed E-state index contributed by atoms with van der Waals surface area (Å²) in [4.78, 5) is 22.6. The van der Waals surface area contributed by atoms with Crippen LogP contribution in [0.3, 0.4) is 0 Å². The summed E-state index contributed by atoms with van der Waals surface area (Å²) < 4.78 is 10.3. The molecule has 0 heterocycles. The number of nitrogens with one attached hydrogen (secondary N) is 1. The normalized spacial score (nSPS) is 19.9. The molecular weight excluding hydrogens is 298 g/mol. The number of amides is 1. The molecule has 21 heavy (non-hydrogen) atoms. The van der Waals surface area contributed by atoms with Crippen LogP contribution >= 0.6 is 11.6 Å². The van der Waals surface area contributed by atoms with Crippen LogP contribution in [-0.2, 0) is 14.3 Å². The van der Waals surface area contributed by atoms with Crippen molar-refractivity contribution in [2.45, 2.75) is 6.42 Å². The van der Waals surface area contributed by atoms with Crippen molar-refractivity contribution < 1.29 is 24.2 Å². The Bertz CT molecular complexity index is 548. The average molecular weight is 314 g/mol. The minimum absolute atomic E-state index is 0.300. The lowest BCUT2D eigenvalue weighted by molar-refractivity contribution is -0.139. The first-order chi connectivity index (χ1) is 10.0. The van der Waals surface area contributed by atoms with E-state index in [0.29, 0.717) is 36.1 Å². The molecule has 114 valence electrons. The van der Waals surface area contributed by atoms with E-state index >= 15 is 0 Å². The third-order valence-electron chi connectivity index (χ3n) is 3.19. The zero-order valence-corrected chi connectivity index (χ0v) is 12.2. The first-order valence-electron chi connectivity index (χ1n) is 6.48. The summed E-state index contributed by atoms with van der Waals surface area (Å²) in [7, 11) is 1.58. The molecule has 1 amide bonds. The van der Waals surface area contributed by atoms with Crippen LogP contribution in [0.25, 0.3) is 0 Å². The first kappa shape index (κ1) is 15.6. The number of carbonyl (C=O) groups is 2. The molecule has 2 unspecified atom stereocenters. The second-order valence-corrected chi connectivity index (χ2v) is 5.17. The smallest absolute Gasteiger partial charge is 0.307 e. The Balaban J connectivity index is 1.91. The van der Waals surface area contributed by atoms with Gasteiger partial charge in [0, 0.05) is 12.8 Å². The fraction of sp³-hybridized carbons (Fsp3) is 0.429. The lowest BCUT2D eigenvalue weighted by Crippen LogP contribution is -2.16. The van der Waals surface area contributed by atoms with Crippen LogP contribution in [0, 0.1) is 11.8 Å². The van der Waals surface area contributed by atoms with Crippen LogP contribution in [0.5, 0.6) is 5.75 Å². The highest BCUT2D eigenvalue weighted by atomic mass is 35.5. The predicted molar refractivity (Wildman–Crippen MR) is 76.7 cm³/mol. The second kappa shape index (κ2) is 6.78. The molecule has 0 saturated heterocycles. The van der Waals surface area contributed by atoms with Gasteiger partial charge in [-0.25, -0.2) is 0 Å². The van der Waals surface area contributed by atoms with Crippen LogP contribution in [0.15, 0.2) is 18.2 Å². The molecule has 2 rings (SSSR count). The predicted octanol–water partition coefficient (Wildman–Crippen LogP) is 2.02. The van der Waals surface area contributed by atoms with Gasteiger partial charge < -0.3 is 19.9 Å². The number of anilines is 1. The highest BCUT2D eigenvalue weighted by Crippen LogP contribution is 2.39. The molecule has 1 aromatic carbocycles. The van der Waals surface area contributed by atoms with Crippen LogP contribution in [-0.4, -0.2) is 37.3 Å². The highest BCUT2D eigenvalue weighted by molar-refractivity contribution is 6.32. The maximum absolute atomic E-state index is 11.8. The van der Waals surface area contributed by atoms with Gasteiger partial charge in [0.25, 0.3) is 0 Å². The Morgan fingerprint density at radius 1 is 1.38 bits per heavy atom. The summed E-state index contributed by atoms with van der Waals surface area (Å²) in [5, 5.41) is 11.8. The Morgan fingerprint density at radius 3 is 2.71 bits per heavy atom. The number of methoxy groups -OCH3 is 1. The number of halogens is 1. The van der Waals surface area contributed by atoms with Crippen LogP contribution in [0.4, 0.5) is 5.69 Å². The van der Waals surface area contributed by atoms with Crippen molar-refractivity contribution in [2.75, 3.05) is 25.6 Å². The number of carbonyl (C=O) groups excluding carboxylic acids is 1. The number of carboxylic acids is 1. The van der Waals surface area contributed by atoms with E-state index in [1.807, 2.05) is 0 Å². The summed E-state index contributed by atoms with van der Waals surface area (Å²) in [5.41, 5.74) is 0.514. The molecule has 1 aliphatic rings. The van der Waals surface area contributed by atoms with Crippen LogP contribution < -0.4 is 10.1 Å². The van der Waals surface area contributed by atoms with Crippen molar-refractivity contribution in [3.63, 3.8) is 0 Å². The molecule has 0 aromatic heterocycles. The van der Waals surface area contributed by atoms with Gasteiger partial charge in [0.15, 0.2) is 0 Å². The number of hydrogen-bond donors (Lipinski definition) is 2. The standard InChI is InChI=1S/C14H16ClNO5/c1-20-4-5-21-12-3-2-8(6-11(12)15)16-13(17)9-7-10(9)14(18)19/h2-3,6,9-10H,4-5,7H2,1H3,(H,16,17)(H,18,19). The Kier molecular flexibility index (Phi) is 5.03. The van der Waals surface area contributed by atoms with Gasteiger partial charge in [-0.3, -0.25) is 9.59 Å². The van der Waals surface area contributed by atoms with Gasteiger partial charge in [-0.05, 0) is 24.6 Å². The van der Waals surface area contributed by atoms with Gasteiger partial charge in [0.05, 0.1) is 23.5 Å². The number of carboxylic acid groups (broad SMARTS) is 1. The van der Waals surface area contributed by atoms with Crippen LogP contribution in [0.2, 0.25) is 5.02 Å². The molecule has 1 fully saturated rings. The molecule has 0 spiro atoms. The monoisotopic (exact) mass is 313 g/mol. The number of benzene rings is 1. The molecule has 6 nitrogen and oxygen atoms in total. The number of rotatable bonds is 7. The Hall–Kier alpha value is -1.79. The average Bonchev–Trinajstić information content (AvgIpc) is 3.22. The number of ether oxygens (including phenoxy) is 2. The molecule has 0 aliphatic heterocycles. The van der Waals surface area contributed by atoms with Crippen molar-refractivity contribution in [1.29, 1.82) is 0 Å². The minimum Gasteiger partial charge on any atom is -0.490 e. The molecule has 0 radical (unpaired) electrons. The fourth-order valence-electron chi connectivity index (χ4n) is 1.92. The van der Waals surface area contributed by atoms with E-state index in [-0.39, 0.29) is 5.91 Å². The van der Waals surface area contributed by atoms with Gasteiger partial charge in [-0.2, -0.15) is 0 Å². The zero-order valence-electron chi connectivity index (χ0n) is 11.5. The van der Waals surface area contributed by atoms with E-state index in [4.69, 9.17) is 26.2 Å². The summed E-state index contributed by atoms with van der Waals surface area (Å²) in [6.07, 6.45) is 0.382. The SMILES string of the molecule is COCCOc1ccc(NC(=O)C2CC2C(=O)O)cc1Cl. The van der Waals surface area contributed by atoms with Crippen molar-refractivity contribution in [2.24, 2.45) is 11.8 Å². The molecule has 2 atom stereocenters. The quantitative estimate of drug-likeness (QED) is 0.752. The van der Waals surface area contributed by atoms with E-state index in [9.17, 15) is 9.59 Å². The van der Waals surface area contributed by atoms with Crippen molar-refractivity contribution >= 4 is 29.2 Å². The first-order valence-corrected chi connectivity index (χ1v) is 6.85. The van der Waals surface area contributed by atoms with Crippen molar-refractivity contribution in [3.05, 3.63) is 23.2 Å². The van der Waals surface area contributed by atoms with Gasteiger partial charge in [0.1, 0.15) is 12.4 Å². The maximum atomic E-state index is 11.8. The minimum atomic E-state index is -0.935. The third-order valence-corrected chi connectivity index (χ3v) is 3.48. The van der Waals surface area contributed by atoms with E-state index in [1.54, 1.807) is 25.3 Å². The maximum Gasteiger partial charge on any atom is 0.307 e. The molecule has 1 aromatic rings.